The van der Waals surface area contributed by atoms with Crippen molar-refractivity contribution in [2.24, 2.45) is 0 Å². The van der Waals surface area contributed by atoms with Crippen LogP contribution in [0.4, 0.5) is 5.69 Å². The molecule has 0 bridgehead atoms. The van der Waals surface area contributed by atoms with Crippen molar-refractivity contribution in [3.05, 3.63) is 42.7 Å². The van der Waals surface area contributed by atoms with Gasteiger partial charge in [0.1, 0.15) is 6.67 Å². The van der Waals surface area contributed by atoms with Gasteiger partial charge in [-0.2, -0.15) is 0 Å². The molecule has 26 heavy (non-hydrogen) atoms. The molecule has 0 radical (unpaired) electrons. The Labute approximate surface area is 161 Å². The van der Waals surface area contributed by atoms with Crippen molar-refractivity contribution in [2.75, 3.05) is 12.1 Å². The molecule has 0 aliphatic carbocycles. The molecule has 1 aromatic carbocycles. The van der Waals surface area contributed by atoms with Crippen LogP contribution in [0.3, 0.4) is 0 Å². The van der Waals surface area contributed by atoms with Gasteiger partial charge in [0.25, 0.3) is 0 Å². The molecule has 0 amide bonds. The highest BCUT2D eigenvalue weighted by molar-refractivity contribution is 5.41. The number of rotatable bonds is 14. The summed E-state index contributed by atoms with van der Waals surface area (Å²) in [5.41, 5.74) is 4.60. The molecule has 0 saturated heterocycles. The number of hydrogen-bond acceptors (Lipinski definition) is 3. The van der Waals surface area contributed by atoms with E-state index in [1.165, 1.54) is 70.6 Å². The van der Waals surface area contributed by atoms with Crippen molar-refractivity contribution in [3.8, 4) is 0 Å². The fourth-order valence-corrected chi connectivity index (χ4v) is 3.72. The summed E-state index contributed by atoms with van der Waals surface area (Å²) in [6, 6.07) is 11.1. The van der Waals surface area contributed by atoms with Crippen molar-refractivity contribution >= 4 is 5.69 Å². The molecule has 1 aliphatic rings. The predicted octanol–water partition coefficient (Wildman–Crippen LogP) is 6.76. The lowest BCUT2D eigenvalue weighted by Crippen LogP contribution is -2.35. The third-order valence-electron chi connectivity index (χ3n) is 5.38. The van der Waals surface area contributed by atoms with Crippen LogP contribution in [0.1, 0.15) is 84.5 Å². The Morgan fingerprint density at radius 2 is 1.50 bits per heavy atom. The van der Waals surface area contributed by atoms with E-state index < -0.39 is 0 Å². The lowest BCUT2D eigenvalue weighted by molar-refractivity contribution is 0.210. The molecule has 3 nitrogen and oxygen atoms in total. The van der Waals surface area contributed by atoms with E-state index in [9.17, 15) is 0 Å². The molecule has 1 aromatic rings. The first-order valence-electron chi connectivity index (χ1n) is 10.9. The second-order valence-electron chi connectivity index (χ2n) is 7.58. The van der Waals surface area contributed by atoms with Gasteiger partial charge in [0.2, 0.25) is 0 Å². The third-order valence-corrected chi connectivity index (χ3v) is 5.38. The maximum atomic E-state index is 3.46. The normalized spacial score (nSPS) is 14.8. The summed E-state index contributed by atoms with van der Waals surface area (Å²) < 4.78 is 0. The molecule has 0 saturated carbocycles. The molecule has 0 fully saturated rings. The highest BCUT2D eigenvalue weighted by atomic mass is 15.6. The Kier molecular flexibility index (Phi) is 10.1. The summed E-state index contributed by atoms with van der Waals surface area (Å²) in [7, 11) is 0. The number of hydrogen-bond donors (Lipinski definition) is 1. The van der Waals surface area contributed by atoms with Crippen LogP contribution < -0.4 is 5.43 Å². The van der Waals surface area contributed by atoms with Crippen molar-refractivity contribution < 1.29 is 0 Å². The Bertz CT molecular complexity index is 485. The van der Waals surface area contributed by atoms with Crippen LogP contribution >= 0.6 is 0 Å². The summed E-state index contributed by atoms with van der Waals surface area (Å²) in [5, 5.41) is 2.17. The molecule has 0 aromatic heterocycles. The Hall–Kier alpha value is -1.64. The van der Waals surface area contributed by atoms with Gasteiger partial charge in [-0.1, -0.05) is 89.8 Å². The van der Waals surface area contributed by atoms with Gasteiger partial charge in [0, 0.05) is 18.4 Å². The number of hydrazine groups is 1. The predicted molar refractivity (Wildman–Crippen MR) is 114 cm³/mol. The largest absolute Gasteiger partial charge is 0.354 e. The molecule has 2 rings (SSSR count). The van der Waals surface area contributed by atoms with E-state index in [-0.39, 0.29) is 0 Å². The molecule has 0 spiro atoms. The van der Waals surface area contributed by atoms with E-state index in [1.54, 1.807) is 0 Å². The molecule has 3 heteroatoms. The first-order chi connectivity index (χ1) is 12.8. The quantitative estimate of drug-likeness (QED) is 0.371. The molecule has 1 N–H and O–H groups in total. The second-order valence-corrected chi connectivity index (χ2v) is 7.58. The van der Waals surface area contributed by atoms with Crippen molar-refractivity contribution in [2.45, 2.75) is 90.5 Å². The lowest BCUT2D eigenvalue weighted by atomic mass is 10.0. The average molecular weight is 358 g/mol. The van der Waals surface area contributed by atoms with E-state index in [0.717, 1.165) is 12.4 Å². The number of unbranched alkanes of at least 4 members (excludes halogenated alkanes) is 8. The van der Waals surface area contributed by atoms with Gasteiger partial charge in [-0.3, -0.25) is 10.4 Å². The monoisotopic (exact) mass is 357 g/mol. The Morgan fingerprint density at radius 3 is 2.15 bits per heavy atom. The van der Waals surface area contributed by atoms with Crippen molar-refractivity contribution in [1.82, 2.24) is 9.91 Å². The van der Waals surface area contributed by atoms with Crippen LogP contribution in [-0.2, 0) is 0 Å². The van der Waals surface area contributed by atoms with Gasteiger partial charge < -0.3 is 4.90 Å². The van der Waals surface area contributed by atoms with Crippen LogP contribution in [0.15, 0.2) is 42.7 Å². The molecular weight excluding hydrogens is 318 g/mol. The minimum absolute atomic E-state index is 0.665. The maximum absolute atomic E-state index is 3.46. The summed E-state index contributed by atoms with van der Waals surface area (Å²) in [5.74, 6) is 0. The minimum Gasteiger partial charge on any atom is -0.354 e. The summed E-state index contributed by atoms with van der Waals surface area (Å²) in [6.07, 6.45) is 19.6. The SMILES string of the molecule is CCCCCCCCCCCC(CC)N1C=CN(Nc2ccccc2)C1. The van der Waals surface area contributed by atoms with Gasteiger partial charge in [0.05, 0.1) is 5.69 Å². The van der Waals surface area contributed by atoms with E-state index in [4.69, 9.17) is 0 Å². The molecule has 146 valence electrons. The van der Waals surface area contributed by atoms with Crippen molar-refractivity contribution in [1.29, 1.82) is 0 Å². The van der Waals surface area contributed by atoms with E-state index in [1.807, 2.05) is 0 Å². The lowest BCUT2D eigenvalue weighted by Gasteiger charge is -2.29. The minimum atomic E-state index is 0.665. The maximum Gasteiger partial charge on any atom is 0.109 e. The Morgan fingerprint density at radius 1 is 0.846 bits per heavy atom. The first kappa shape index (κ1) is 20.7. The highest BCUT2D eigenvalue weighted by Gasteiger charge is 2.19. The topological polar surface area (TPSA) is 18.5 Å². The van der Waals surface area contributed by atoms with Gasteiger partial charge in [-0.25, -0.2) is 0 Å². The van der Waals surface area contributed by atoms with Crippen LogP contribution in [0.25, 0.3) is 0 Å². The summed E-state index contributed by atoms with van der Waals surface area (Å²) >= 11 is 0. The standard InChI is InChI=1S/C23H39N3/c1-3-5-6-7-8-9-10-11-15-18-23(4-2)25-19-20-26(21-25)24-22-16-13-12-14-17-22/h12-14,16-17,19-20,23-24H,3-11,15,18,21H2,1-2H3. The van der Waals surface area contributed by atoms with Crippen LogP contribution in [0, 0.1) is 0 Å². The number of anilines is 1. The second kappa shape index (κ2) is 12.7. The molecule has 1 unspecified atom stereocenters. The van der Waals surface area contributed by atoms with Gasteiger partial charge >= 0.3 is 0 Å². The fraction of sp³-hybridized carbons (Fsp3) is 0.652. The zero-order valence-corrected chi connectivity index (χ0v) is 17.0. The molecular formula is C23H39N3. The number of nitrogens with zero attached hydrogens (tertiary/aromatic N) is 2. The third kappa shape index (κ3) is 7.72. The summed E-state index contributed by atoms with van der Waals surface area (Å²) in [6.45, 7) is 5.54. The zero-order chi connectivity index (χ0) is 18.5. The summed E-state index contributed by atoms with van der Waals surface area (Å²) in [4.78, 5) is 2.49. The Balaban J connectivity index is 1.57. The fourth-order valence-electron chi connectivity index (χ4n) is 3.72. The van der Waals surface area contributed by atoms with E-state index >= 15 is 0 Å². The molecule has 1 aliphatic heterocycles. The smallest absolute Gasteiger partial charge is 0.109 e. The van der Waals surface area contributed by atoms with Crippen LogP contribution in [0.5, 0.6) is 0 Å². The number of para-hydroxylation sites is 1. The number of benzene rings is 1. The molecule has 1 heterocycles. The van der Waals surface area contributed by atoms with Crippen LogP contribution in [-0.4, -0.2) is 22.6 Å². The zero-order valence-electron chi connectivity index (χ0n) is 17.0. The van der Waals surface area contributed by atoms with E-state index in [2.05, 4.69) is 71.9 Å². The molecule has 1 atom stereocenters. The van der Waals surface area contributed by atoms with Gasteiger partial charge in [-0.05, 0) is 25.0 Å². The van der Waals surface area contributed by atoms with Crippen molar-refractivity contribution in [3.63, 3.8) is 0 Å². The van der Waals surface area contributed by atoms with E-state index in [0.29, 0.717) is 6.04 Å². The average Bonchev–Trinajstić information content (AvgIpc) is 3.12. The van der Waals surface area contributed by atoms with Crippen LogP contribution in [0.2, 0.25) is 0 Å². The van der Waals surface area contributed by atoms with Gasteiger partial charge in [0.15, 0.2) is 0 Å². The first-order valence-corrected chi connectivity index (χ1v) is 10.9. The number of nitrogens with one attached hydrogen (secondary N) is 1. The highest BCUT2D eigenvalue weighted by Crippen LogP contribution is 2.20. The van der Waals surface area contributed by atoms with Gasteiger partial charge in [-0.15, -0.1) is 0 Å².